The zero-order valence-corrected chi connectivity index (χ0v) is 13.6. The molecule has 3 N–H and O–H groups in total. The van der Waals surface area contributed by atoms with Crippen molar-refractivity contribution in [2.24, 2.45) is 5.73 Å². The minimum atomic E-state index is -0.598. The minimum Gasteiger partial charge on any atom is -0.368 e. The lowest BCUT2D eigenvalue weighted by atomic mass is 10.1. The van der Waals surface area contributed by atoms with E-state index < -0.39 is 11.9 Å². The summed E-state index contributed by atoms with van der Waals surface area (Å²) in [4.78, 5) is 11.8. The molecule has 2 aromatic carbocycles. The van der Waals surface area contributed by atoms with Crippen molar-refractivity contribution in [1.82, 2.24) is 9.78 Å². The monoisotopic (exact) mass is 340 g/mol. The minimum absolute atomic E-state index is 0.438. The SMILES string of the molecule is NC(=O)[C@H](Nc1cnn(Cc2ccc(Cl)cc2)c1)c1ccccc1. The van der Waals surface area contributed by atoms with Gasteiger partial charge in [-0.3, -0.25) is 9.48 Å². The average molecular weight is 341 g/mol. The molecule has 1 heterocycles. The first-order valence-electron chi connectivity index (χ1n) is 7.49. The molecular formula is C18H17ClN4O. The Morgan fingerprint density at radius 1 is 1.17 bits per heavy atom. The summed E-state index contributed by atoms with van der Waals surface area (Å²) in [6.07, 6.45) is 3.52. The van der Waals surface area contributed by atoms with Gasteiger partial charge in [0.1, 0.15) is 6.04 Å². The predicted molar refractivity (Wildman–Crippen MR) is 94.8 cm³/mol. The quantitative estimate of drug-likeness (QED) is 0.723. The Morgan fingerprint density at radius 2 is 1.88 bits per heavy atom. The molecule has 0 spiro atoms. The number of hydrogen-bond donors (Lipinski definition) is 2. The Labute approximate surface area is 145 Å². The van der Waals surface area contributed by atoms with Crippen LogP contribution in [0.2, 0.25) is 5.02 Å². The first-order valence-corrected chi connectivity index (χ1v) is 7.87. The van der Waals surface area contributed by atoms with Crippen LogP contribution >= 0.6 is 11.6 Å². The zero-order valence-electron chi connectivity index (χ0n) is 12.9. The van der Waals surface area contributed by atoms with Gasteiger partial charge < -0.3 is 11.1 Å². The smallest absolute Gasteiger partial charge is 0.244 e. The lowest BCUT2D eigenvalue weighted by Gasteiger charge is -2.15. The number of benzene rings is 2. The summed E-state index contributed by atoms with van der Waals surface area (Å²) in [6, 6.07) is 16.4. The van der Waals surface area contributed by atoms with Gasteiger partial charge in [-0.05, 0) is 23.3 Å². The Bertz CT molecular complexity index is 815. The Morgan fingerprint density at radius 3 is 2.54 bits per heavy atom. The first-order chi connectivity index (χ1) is 11.6. The summed E-state index contributed by atoms with van der Waals surface area (Å²) in [5.74, 6) is -0.438. The number of primary amides is 1. The standard InChI is InChI=1S/C18H17ClN4O/c19-15-8-6-13(7-9-15)11-23-12-16(10-21-23)22-17(18(20)24)14-4-2-1-3-5-14/h1-10,12,17,22H,11H2,(H2,20,24)/t17-/m1/s1. The molecule has 0 saturated carbocycles. The number of nitrogens with two attached hydrogens (primary N) is 1. The number of nitrogens with one attached hydrogen (secondary N) is 1. The van der Waals surface area contributed by atoms with Gasteiger partial charge in [-0.1, -0.05) is 54.1 Å². The summed E-state index contributed by atoms with van der Waals surface area (Å²) in [7, 11) is 0. The molecule has 3 aromatic rings. The van der Waals surface area contributed by atoms with Crippen molar-refractivity contribution in [1.29, 1.82) is 0 Å². The number of halogens is 1. The van der Waals surface area contributed by atoms with E-state index in [1.165, 1.54) is 0 Å². The number of hydrogen-bond acceptors (Lipinski definition) is 3. The molecule has 1 atom stereocenters. The lowest BCUT2D eigenvalue weighted by molar-refractivity contribution is -0.118. The maximum Gasteiger partial charge on any atom is 0.244 e. The molecule has 0 bridgehead atoms. The van der Waals surface area contributed by atoms with Crippen LogP contribution in [0.25, 0.3) is 0 Å². The van der Waals surface area contributed by atoms with Gasteiger partial charge in [0.2, 0.25) is 5.91 Å². The Balaban J connectivity index is 1.72. The fraction of sp³-hybridized carbons (Fsp3) is 0.111. The third-order valence-electron chi connectivity index (χ3n) is 3.62. The van der Waals surface area contributed by atoms with E-state index in [4.69, 9.17) is 17.3 Å². The van der Waals surface area contributed by atoms with E-state index in [0.29, 0.717) is 11.6 Å². The van der Waals surface area contributed by atoms with Crippen LogP contribution in [0.15, 0.2) is 67.0 Å². The molecule has 0 unspecified atom stereocenters. The number of carbonyl (C=O) groups excluding carboxylic acids is 1. The van der Waals surface area contributed by atoms with Gasteiger partial charge in [0.25, 0.3) is 0 Å². The Kier molecular flexibility index (Phi) is 4.82. The molecule has 122 valence electrons. The van der Waals surface area contributed by atoms with E-state index in [2.05, 4.69) is 10.4 Å². The molecule has 0 aliphatic rings. The van der Waals surface area contributed by atoms with Crippen LogP contribution in [0, 0.1) is 0 Å². The third-order valence-corrected chi connectivity index (χ3v) is 3.87. The molecule has 6 heteroatoms. The van der Waals surface area contributed by atoms with Gasteiger partial charge in [0.05, 0.1) is 18.4 Å². The van der Waals surface area contributed by atoms with Crippen LogP contribution in [0.5, 0.6) is 0 Å². The maximum atomic E-state index is 11.8. The van der Waals surface area contributed by atoms with E-state index in [1.807, 2.05) is 60.8 Å². The fourth-order valence-electron chi connectivity index (χ4n) is 2.43. The fourth-order valence-corrected chi connectivity index (χ4v) is 2.56. The highest BCUT2D eigenvalue weighted by molar-refractivity contribution is 6.30. The summed E-state index contributed by atoms with van der Waals surface area (Å²) >= 11 is 5.89. The normalized spacial score (nSPS) is 11.9. The second-order valence-electron chi connectivity index (χ2n) is 5.44. The predicted octanol–water partition coefficient (Wildman–Crippen LogP) is 3.22. The number of nitrogens with zero attached hydrogens (tertiary/aromatic N) is 2. The summed E-state index contributed by atoms with van der Waals surface area (Å²) in [6.45, 7) is 0.616. The summed E-state index contributed by atoms with van der Waals surface area (Å²) in [5, 5.41) is 8.14. The Hall–Kier alpha value is -2.79. The zero-order chi connectivity index (χ0) is 16.9. The highest BCUT2D eigenvalue weighted by Gasteiger charge is 2.17. The number of anilines is 1. The molecule has 24 heavy (non-hydrogen) atoms. The van der Waals surface area contributed by atoms with E-state index in [0.717, 1.165) is 16.8 Å². The first kappa shape index (κ1) is 16.1. The second kappa shape index (κ2) is 7.19. The number of aromatic nitrogens is 2. The van der Waals surface area contributed by atoms with Gasteiger partial charge in [-0.25, -0.2) is 0 Å². The molecule has 0 radical (unpaired) electrons. The van der Waals surface area contributed by atoms with E-state index in [1.54, 1.807) is 10.9 Å². The molecule has 0 aliphatic carbocycles. The van der Waals surface area contributed by atoms with E-state index in [-0.39, 0.29) is 0 Å². The molecule has 0 fully saturated rings. The van der Waals surface area contributed by atoms with Crippen LogP contribution < -0.4 is 11.1 Å². The number of rotatable bonds is 6. The van der Waals surface area contributed by atoms with Crippen LogP contribution in [0.1, 0.15) is 17.2 Å². The highest BCUT2D eigenvalue weighted by Crippen LogP contribution is 2.19. The van der Waals surface area contributed by atoms with Crippen LogP contribution in [-0.4, -0.2) is 15.7 Å². The van der Waals surface area contributed by atoms with Crippen molar-refractivity contribution < 1.29 is 4.79 Å². The van der Waals surface area contributed by atoms with Crippen molar-refractivity contribution in [3.05, 3.63) is 83.1 Å². The van der Waals surface area contributed by atoms with E-state index in [9.17, 15) is 4.79 Å². The molecule has 1 aromatic heterocycles. The van der Waals surface area contributed by atoms with E-state index >= 15 is 0 Å². The molecule has 3 rings (SSSR count). The van der Waals surface area contributed by atoms with Gasteiger partial charge in [-0.2, -0.15) is 5.10 Å². The molecule has 0 saturated heterocycles. The summed E-state index contributed by atoms with van der Waals surface area (Å²) in [5.41, 5.74) is 8.15. The van der Waals surface area contributed by atoms with Crippen molar-refractivity contribution >= 4 is 23.2 Å². The number of carbonyl (C=O) groups is 1. The van der Waals surface area contributed by atoms with Crippen molar-refractivity contribution in [3.63, 3.8) is 0 Å². The van der Waals surface area contributed by atoms with Gasteiger partial charge >= 0.3 is 0 Å². The van der Waals surface area contributed by atoms with Crippen molar-refractivity contribution in [3.8, 4) is 0 Å². The molecule has 0 aliphatic heterocycles. The van der Waals surface area contributed by atoms with Crippen molar-refractivity contribution in [2.75, 3.05) is 5.32 Å². The molecular weight excluding hydrogens is 324 g/mol. The third kappa shape index (κ3) is 3.94. The topological polar surface area (TPSA) is 72.9 Å². The second-order valence-corrected chi connectivity index (χ2v) is 5.88. The highest BCUT2D eigenvalue weighted by atomic mass is 35.5. The lowest BCUT2D eigenvalue weighted by Crippen LogP contribution is -2.27. The van der Waals surface area contributed by atoms with Crippen molar-refractivity contribution in [2.45, 2.75) is 12.6 Å². The number of amides is 1. The summed E-state index contributed by atoms with van der Waals surface area (Å²) < 4.78 is 1.79. The van der Waals surface area contributed by atoms with Crippen LogP contribution in [0.3, 0.4) is 0 Å². The molecule has 1 amide bonds. The van der Waals surface area contributed by atoms with Gasteiger partial charge in [0, 0.05) is 11.2 Å². The molecule has 5 nitrogen and oxygen atoms in total. The van der Waals surface area contributed by atoms with Crippen LogP contribution in [-0.2, 0) is 11.3 Å². The van der Waals surface area contributed by atoms with Gasteiger partial charge in [0.15, 0.2) is 0 Å². The largest absolute Gasteiger partial charge is 0.368 e. The average Bonchev–Trinajstić information content (AvgIpc) is 3.02. The van der Waals surface area contributed by atoms with Crippen LogP contribution in [0.4, 0.5) is 5.69 Å². The maximum absolute atomic E-state index is 11.8. The van der Waals surface area contributed by atoms with Gasteiger partial charge in [-0.15, -0.1) is 0 Å².